The Balaban J connectivity index is 2.26. The molecule has 0 spiro atoms. The molecule has 3 rings (SSSR count). The Morgan fingerprint density at radius 1 is 1.22 bits per heavy atom. The molecule has 0 fully saturated rings. The van der Waals surface area contributed by atoms with Gasteiger partial charge in [-0.15, -0.1) is 0 Å². The molecule has 0 aliphatic carbocycles. The van der Waals surface area contributed by atoms with Gasteiger partial charge in [-0.05, 0) is 31.5 Å². The highest BCUT2D eigenvalue weighted by Crippen LogP contribution is 2.36. The van der Waals surface area contributed by atoms with Crippen LogP contribution in [0.1, 0.15) is 23.0 Å². The second-order valence-electron chi connectivity index (χ2n) is 5.49. The van der Waals surface area contributed by atoms with Crippen LogP contribution in [0.3, 0.4) is 0 Å². The first-order chi connectivity index (χ1) is 11.0. The van der Waals surface area contributed by atoms with Gasteiger partial charge in [-0.1, -0.05) is 30.3 Å². The van der Waals surface area contributed by atoms with E-state index in [-0.39, 0.29) is 11.7 Å². The molecule has 0 saturated heterocycles. The van der Waals surface area contributed by atoms with Crippen molar-refractivity contribution in [3.8, 4) is 16.9 Å². The van der Waals surface area contributed by atoms with Crippen molar-refractivity contribution in [3.05, 3.63) is 53.7 Å². The summed E-state index contributed by atoms with van der Waals surface area (Å²) < 4.78 is 7.10. The van der Waals surface area contributed by atoms with Crippen LogP contribution in [-0.4, -0.2) is 22.2 Å². The average molecular weight is 309 g/mol. The van der Waals surface area contributed by atoms with E-state index in [4.69, 9.17) is 4.74 Å². The van der Waals surface area contributed by atoms with Crippen molar-refractivity contribution in [2.24, 2.45) is 7.05 Å². The van der Waals surface area contributed by atoms with Crippen molar-refractivity contribution in [1.29, 1.82) is 0 Å². The smallest absolute Gasteiger partial charge is 0.340 e. The monoisotopic (exact) mass is 309 g/mol. The molecule has 1 N–H and O–H groups in total. The van der Waals surface area contributed by atoms with Crippen LogP contribution in [0.4, 0.5) is 0 Å². The lowest BCUT2D eigenvalue weighted by Gasteiger charge is -2.07. The number of fused-ring (bicyclic) bond motifs is 1. The predicted molar refractivity (Wildman–Crippen MR) is 90.7 cm³/mol. The summed E-state index contributed by atoms with van der Waals surface area (Å²) in [5, 5.41) is 11.1. The van der Waals surface area contributed by atoms with E-state index in [1.54, 1.807) is 13.0 Å². The van der Waals surface area contributed by atoms with E-state index in [0.717, 1.165) is 22.3 Å². The fourth-order valence-corrected chi connectivity index (χ4v) is 2.91. The van der Waals surface area contributed by atoms with Gasteiger partial charge in [-0.25, -0.2) is 4.79 Å². The predicted octanol–water partition coefficient (Wildman–Crippen LogP) is 4.04. The van der Waals surface area contributed by atoms with E-state index in [0.29, 0.717) is 17.6 Å². The number of nitrogens with zero attached hydrogens (tertiary/aromatic N) is 1. The standard InChI is InChI=1S/C19H19NO3/c1-4-23-19(22)18-12(2)20(3)16-10-14(17(21)11-15(16)18)13-8-6-5-7-9-13/h5-11,21H,4H2,1-3H3. The average Bonchev–Trinajstić information content (AvgIpc) is 2.78. The molecule has 1 aromatic heterocycles. The Labute approximate surface area is 134 Å². The van der Waals surface area contributed by atoms with Crippen LogP contribution >= 0.6 is 0 Å². The Bertz CT molecular complexity index is 879. The fourth-order valence-electron chi connectivity index (χ4n) is 2.91. The van der Waals surface area contributed by atoms with Crippen molar-refractivity contribution in [3.63, 3.8) is 0 Å². The van der Waals surface area contributed by atoms with Gasteiger partial charge in [0.2, 0.25) is 0 Å². The van der Waals surface area contributed by atoms with Crippen molar-refractivity contribution < 1.29 is 14.6 Å². The van der Waals surface area contributed by atoms with Gasteiger partial charge < -0.3 is 14.4 Å². The van der Waals surface area contributed by atoms with Gasteiger partial charge in [0.25, 0.3) is 0 Å². The molecular formula is C19H19NO3. The first-order valence-corrected chi connectivity index (χ1v) is 7.59. The molecule has 0 aliphatic rings. The summed E-state index contributed by atoms with van der Waals surface area (Å²) in [6.07, 6.45) is 0. The molecule has 0 radical (unpaired) electrons. The van der Waals surface area contributed by atoms with Crippen LogP contribution in [0.25, 0.3) is 22.0 Å². The van der Waals surface area contributed by atoms with Crippen LogP contribution in [-0.2, 0) is 11.8 Å². The highest BCUT2D eigenvalue weighted by molar-refractivity contribution is 6.07. The number of carbonyl (C=O) groups is 1. The van der Waals surface area contributed by atoms with Crippen molar-refractivity contribution in [2.75, 3.05) is 6.61 Å². The molecule has 23 heavy (non-hydrogen) atoms. The number of carbonyl (C=O) groups excluding carboxylic acids is 1. The van der Waals surface area contributed by atoms with Crippen molar-refractivity contribution >= 4 is 16.9 Å². The van der Waals surface area contributed by atoms with E-state index in [2.05, 4.69) is 0 Å². The number of aryl methyl sites for hydroxylation is 1. The Morgan fingerprint density at radius 2 is 1.91 bits per heavy atom. The minimum Gasteiger partial charge on any atom is -0.507 e. The summed E-state index contributed by atoms with van der Waals surface area (Å²) in [6.45, 7) is 3.98. The molecule has 0 saturated carbocycles. The van der Waals surface area contributed by atoms with Crippen LogP contribution < -0.4 is 0 Å². The lowest BCUT2D eigenvalue weighted by Crippen LogP contribution is -2.06. The molecule has 0 unspecified atom stereocenters. The van der Waals surface area contributed by atoms with E-state index in [1.807, 2.05) is 54.9 Å². The molecule has 2 aromatic carbocycles. The Hall–Kier alpha value is -2.75. The van der Waals surface area contributed by atoms with Crippen LogP contribution in [0.5, 0.6) is 5.75 Å². The van der Waals surface area contributed by atoms with Gasteiger partial charge in [-0.3, -0.25) is 0 Å². The third-order valence-corrected chi connectivity index (χ3v) is 4.17. The maximum Gasteiger partial charge on any atom is 0.340 e. The van der Waals surface area contributed by atoms with Gasteiger partial charge in [0.05, 0.1) is 12.2 Å². The first kappa shape index (κ1) is 15.2. The van der Waals surface area contributed by atoms with E-state index < -0.39 is 0 Å². The number of phenols is 1. The summed E-state index contributed by atoms with van der Waals surface area (Å²) >= 11 is 0. The van der Waals surface area contributed by atoms with Gasteiger partial charge in [0.15, 0.2) is 0 Å². The molecule has 0 aliphatic heterocycles. The van der Waals surface area contributed by atoms with Crippen LogP contribution in [0.2, 0.25) is 0 Å². The molecule has 3 aromatic rings. The summed E-state index contributed by atoms with van der Waals surface area (Å²) in [5.41, 5.74) is 3.90. The number of aromatic nitrogens is 1. The number of aromatic hydroxyl groups is 1. The molecule has 4 heteroatoms. The number of rotatable bonds is 3. The fraction of sp³-hybridized carbons (Fsp3) is 0.211. The van der Waals surface area contributed by atoms with E-state index in [9.17, 15) is 9.90 Å². The van der Waals surface area contributed by atoms with Gasteiger partial charge in [0.1, 0.15) is 5.75 Å². The maximum absolute atomic E-state index is 12.2. The SMILES string of the molecule is CCOC(=O)c1c(C)n(C)c2cc(-c3ccccc3)c(O)cc12. The minimum absolute atomic E-state index is 0.153. The van der Waals surface area contributed by atoms with Gasteiger partial charge in [-0.2, -0.15) is 0 Å². The number of hydrogen-bond acceptors (Lipinski definition) is 3. The van der Waals surface area contributed by atoms with E-state index in [1.165, 1.54) is 0 Å². The largest absolute Gasteiger partial charge is 0.507 e. The lowest BCUT2D eigenvalue weighted by atomic mass is 10.0. The summed E-state index contributed by atoms with van der Waals surface area (Å²) in [7, 11) is 1.91. The number of ether oxygens (including phenoxy) is 1. The molecule has 4 nitrogen and oxygen atoms in total. The van der Waals surface area contributed by atoms with Crippen LogP contribution in [0, 0.1) is 6.92 Å². The zero-order chi connectivity index (χ0) is 16.6. The zero-order valence-electron chi connectivity index (χ0n) is 13.5. The molecular weight excluding hydrogens is 290 g/mol. The molecule has 118 valence electrons. The van der Waals surface area contributed by atoms with Crippen LogP contribution in [0.15, 0.2) is 42.5 Å². The quantitative estimate of drug-likeness (QED) is 0.743. The molecule has 0 atom stereocenters. The third-order valence-electron chi connectivity index (χ3n) is 4.17. The molecule has 0 amide bonds. The maximum atomic E-state index is 12.2. The Morgan fingerprint density at radius 3 is 2.57 bits per heavy atom. The van der Waals surface area contributed by atoms with E-state index >= 15 is 0 Å². The second kappa shape index (κ2) is 5.80. The topological polar surface area (TPSA) is 51.5 Å². The normalized spacial score (nSPS) is 10.9. The highest BCUT2D eigenvalue weighted by Gasteiger charge is 2.21. The Kier molecular flexibility index (Phi) is 3.82. The second-order valence-corrected chi connectivity index (χ2v) is 5.49. The lowest BCUT2D eigenvalue weighted by molar-refractivity contribution is 0.0527. The van der Waals surface area contributed by atoms with Gasteiger partial charge in [0, 0.05) is 29.2 Å². The number of phenolic OH excluding ortho intramolecular Hbond substituents is 1. The highest BCUT2D eigenvalue weighted by atomic mass is 16.5. The van der Waals surface area contributed by atoms with Crippen molar-refractivity contribution in [1.82, 2.24) is 4.57 Å². The summed E-state index contributed by atoms with van der Waals surface area (Å²) in [5.74, 6) is -0.206. The number of hydrogen-bond donors (Lipinski definition) is 1. The summed E-state index contributed by atoms with van der Waals surface area (Å²) in [6, 6.07) is 13.3. The molecule has 1 heterocycles. The molecule has 0 bridgehead atoms. The third kappa shape index (κ3) is 2.46. The minimum atomic E-state index is -0.359. The van der Waals surface area contributed by atoms with Gasteiger partial charge >= 0.3 is 5.97 Å². The van der Waals surface area contributed by atoms with Crippen molar-refractivity contribution in [2.45, 2.75) is 13.8 Å². The first-order valence-electron chi connectivity index (χ1n) is 7.59. The number of esters is 1. The zero-order valence-corrected chi connectivity index (χ0v) is 13.5. The number of benzene rings is 2. The summed E-state index contributed by atoms with van der Waals surface area (Å²) in [4.78, 5) is 12.2.